The summed E-state index contributed by atoms with van der Waals surface area (Å²) in [6.07, 6.45) is 2.86. The van der Waals surface area contributed by atoms with Gasteiger partial charge < -0.3 is 21.5 Å². The Morgan fingerprint density at radius 3 is 2.67 bits per heavy atom. The number of nitriles is 1. The summed E-state index contributed by atoms with van der Waals surface area (Å²) in [5.41, 5.74) is 13.4. The Bertz CT molecular complexity index is 888. The van der Waals surface area contributed by atoms with Gasteiger partial charge in [-0.15, -0.1) is 0 Å². The summed E-state index contributed by atoms with van der Waals surface area (Å²) < 4.78 is 0. The van der Waals surface area contributed by atoms with Gasteiger partial charge in [0, 0.05) is 31.4 Å². The molecule has 0 amide bonds. The summed E-state index contributed by atoms with van der Waals surface area (Å²) in [5, 5.41) is 19.6. The molecule has 1 fully saturated rings. The first-order valence-electron chi connectivity index (χ1n) is 8.69. The monoisotopic (exact) mass is 387 g/mol. The smallest absolute Gasteiger partial charge is 0.153 e. The van der Waals surface area contributed by atoms with E-state index >= 15 is 0 Å². The second kappa shape index (κ2) is 7.64. The lowest BCUT2D eigenvalue weighted by Crippen LogP contribution is -2.44. The number of hydrogen-bond acceptors (Lipinski definition) is 8. The van der Waals surface area contributed by atoms with Gasteiger partial charge in [-0.05, 0) is 25.8 Å². The molecule has 9 heteroatoms. The highest BCUT2D eigenvalue weighted by molar-refractivity contribution is 6.35. The first-order chi connectivity index (χ1) is 12.9. The van der Waals surface area contributed by atoms with E-state index < -0.39 is 5.41 Å². The number of anilines is 2. The van der Waals surface area contributed by atoms with E-state index in [1.54, 1.807) is 12.3 Å². The maximum Gasteiger partial charge on any atom is 0.153 e. The molecular weight excluding hydrogens is 366 g/mol. The van der Waals surface area contributed by atoms with Crippen LogP contribution in [0.2, 0.25) is 5.02 Å². The van der Waals surface area contributed by atoms with Crippen LogP contribution in [-0.2, 0) is 6.61 Å². The average Bonchev–Trinajstić information content (AvgIpc) is 2.70. The zero-order valence-electron chi connectivity index (χ0n) is 15.1. The molecule has 0 unspecified atom stereocenters. The predicted molar refractivity (Wildman–Crippen MR) is 104 cm³/mol. The van der Waals surface area contributed by atoms with Crippen molar-refractivity contribution < 1.29 is 5.11 Å². The van der Waals surface area contributed by atoms with Crippen molar-refractivity contribution in [1.82, 2.24) is 15.0 Å². The third-order valence-electron chi connectivity index (χ3n) is 5.09. The fourth-order valence-electron chi connectivity index (χ4n) is 3.31. The van der Waals surface area contributed by atoms with Gasteiger partial charge in [0.15, 0.2) is 5.82 Å². The zero-order chi connectivity index (χ0) is 19.6. The van der Waals surface area contributed by atoms with Crippen LogP contribution in [0.1, 0.15) is 24.2 Å². The molecule has 0 spiro atoms. The molecule has 0 radical (unpaired) electrons. The van der Waals surface area contributed by atoms with Gasteiger partial charge in [-0.25, -0.2) is 15.0 Å². The maximum absolute atomic E-state index is 9.86. The summed E-state index contributed by atoms with van der Waals surface area (Å²) in [6, 6.07) is 4.07. The Labute approximate surface area is 162 Å². The standard InChI is InChI=1S/C18H22ClN7O/c1-11-15(12-2-5-23-16(22)14(12)19)25-13(8-27)17(24-11)26-6-3-18(9-20,10-21)4-7-26/h2,5,27H,3-4,6-9,20H2,1H3,(H2,22,23). The Morgan fingerprint density at radius 1 is 1.37 bits per heavy atom. The first-order valence-corrected chi connectivity index (χ1v) is 9.07. The number of nitrogens with zero attached hydrogens (tertiary/aromatic N) is 5. The molecule has 142 valence electrons. The number of aryl methyl sites for hydroxylation is 1. The van der Waals surface area contributed by atoms with Crippen molar-refractivity contribution in [3.05, 3.63) is 28.7 Å². The number of pyridine rings is 1. The zero-order valence-corrected chi connectivity index (χ0v) is 15.9. The van der Waals surface area contributed by atoms with E-state index in [1.807, 2.05) is 11.8 Å². The highest BCUT2D eigenvalue weighted by atomic mass is 35.5. The van der Waals surface area contributed by atoms with E-state index in [9.17, 15) is 10.4 Å². The largest absolute Gasteiger partial charge is 0.390 e. The molecule has 1 saturated heterocycles. The van der Waals surface area contributed by atoms with Gasteiger partial charge in [0.2, 0.25) is 0 Å². The van der Waals surface area contributed by atoms with Gasteiger partial charge in [-0.1, -0.05) is 11.6 Å². The third-order valence-corrected chi connectivity index (χ3v) is 5.49. The molecule has 0 aliphatic carbocycles. The molecule has 3 rings (SSSR count). The third kappa shape index (κ3) is 3.54. The lowest BCUT2D eigenvalue weighted by atomic mass is 9.80. The molecule has 8 nitrogen and oxygen atoms in total. The Hall–Kier alpha value is -2.47. The Balaban J connectivity index is 1.97. The van der Waals surface area contributed by atoms with Crippen molar-refractivity contribution in [2.45, 2.75) is 26.4 Å². The topological polar surface area (TPSA) is 138 Å². The van der Waals surface area contributed by atoms with Crippen LogP contribution in [0.25, 0.3) is 11.3 Å². The van der Waals surface area contributed by atoms with Crippen LogP contribution in [0.5, 0.6) is 0 Å². The van der Waals surface area contributed by atoms with Crippen LogP contribution in [0.4, 0.5) is 11.6 Å². The van der Waals surface area contributed by atoms with Gasteiger partial charge >= 0.3 is 0 Å². The molecule has 5 N–H and O–H groups in total. The average molecular weight is 388 g/mol. The number of piperidine rings is 1. The van der Waals surface area contributed by atoms with Crippen molar-refractivity contribution in [3.8, 4) is 17.3 Å². The fraction of sp³-hybridized carbons (Fsp3) is 0.444. The molecule has 27 heavy (non-hydrogen) atoms. The minimum absolute atomic E-state index is 0.218. The number of nitrogen functional groups attached to an aromatic ring is 1. The normalized spacial score (nSPS) is 16.2. The minimum Gasteiger partial charge on any atom is -0.390 e. The lowest BCUT2D eigenvalue weighted by Gasteiger charge is -2.37. The minimum atomic E-state index is -0.486. The maximum atomic E-state index is 9.86. The molecule has 2 aromatic heterocycles. The number of aliphatic hydroxyl groups is 1. The molecule has 3 heterocycles. The number of halogens is 1. The molecule has 0 saturated carbocycles. The molecule has 2 aromatic rings. The molecule has 1 aliphatic rings. The highest BCUT2D eigenvalue weighted by Gasteiger charge is 2.34. The van der Waals surface area contributed by atoms with Gasteiger partial charge in [0.25, 0.3) is 0 Å². The van der Waals surface area contributed by atoms with E-state index in [4.69, 9.17) is 23.1 Å². The summed E-state index contributed by atoms with van der Waals surface area (Å²) in [7, 11) is 0. The van der Waals surface area contributed by atoms with Gasteiger partial charge in [0.05, 0.1) is 34.5 Å². The second-order valence-electron chi connectivity index (χ2n) is 6.73. The quantitative estimate of drug-likeness (QED) is 0.719. The van der Waals surface area contributed by atoms with Crippen molar-refractivity contribution in [2.75, 3.05) is 30.3 Å². The number of rotatable bonds is 4. The number of aliphatic hydroxyl groups excluding tert-OH is 1. The van der Waals surface area contributed by atoms with Crippen molar-refractivity contribution in [3.63, 3.8) is 0 Å². The van der Waals surface area contributed by atoms with E-state index in [0.29, 0.717) is 66.0 Å². The van der Waals surface area contributed by atoms with E-state index in [0.717, 1.165) is 0 Å². The number of nitrogens with two attached hydrogens (primary N) is 2. The van der Waals surface area contributed by atoms with Gasteiger partial charge in [-0.3, -0.25) is 0 Å². The van der Waals surface area contributed by atoms with Crippen LogP contribution >= 0.6 is 11.6 Å². The van der Waals surface area contributed by atoms with Gasteiger partial charge in [0.1, 0.15) is 11.5 Å². The van der Waals surface area contributed by atoms with Crippen LogP contribution in [0.3, 0.4) is 0 Å². The van der Waals surface area contributed by atoms with E-state index in [2.05, 4.69) is 21.0 Å². The molecule has 0 bridgehead atoms. The van der Waals surface area contributed by atoms with E-state index in [1.165, 1.54) is 0 Å². The van der Waals surface area contributed by atoms with Gasteiger partial charge in [-0.2, -0.15) is 5.26 Å². The highest BCUT2D eigenvalue weighted by Crippen LogP contribution is 2.35. The SMILES string of the molecule is Cc1nc(N2CCC(C#N)(CN)CC2)c(CO)nc1-c1ccnc(N)c1Cl. The summed E-state index contributed by atoms with van der Waals surface area (Å²) in [4.78, 5) is 15.3. The molecule has 0 atom stereocenters. The first kappa shape index (κ1) is 19.3. The molecule has 0 aromatic carbocycles. The van der Waals surface area contributed by atoms with Crippen LogP contribution in [0.15, 0.2) is 12.3 Å². The fourth-order valence-corrected chi connectivity index (χ4v) is 3.51. The van der Waals surface area contributed by atoms with E-state index in [-0.39, 0.29) is 12.4 Å². The summed E-state index contributed by atoms with van der Waals surface area (Å²) in [6.45, 7) is 3.19. The Kier molecular flexibility index (Phi) is 5.46. The second-order valence-corrected chi connectivity index (χ2v) is 7.11. The van der Waals surface area contributed by atoms with Crippen molar-refractivity contribution in [2.24, 2.45) is 11.1 Å². The molecular formula is C18H22ClN7O. The van der Waals surface area contributed by atoms with Crippen LogP contribution in [-0.4, -0.2) is 39.7 Å². The predicted octanol–water partition coefficient (Wildman–Crippen LogP) is 1.64. The number of aromatic nitrogens is 3. The van der Waals surface area contributed by atoms with Crippen LogP contribution < -0.4 is 16.4 Å². The van der Waals surface area contributed by atoms with Crippen LogP contribution in [0, 0.1) is 23.7 Å². The summed E-state index contributed by atoms with van der Waals surface area (Å²) in [5.74, 6) is 0.844. The summed E-state index contributed by atoms with van der Waals surface area (Å²) >= 11 is 6.28. The Morgan fingerprint density at radius 2 is 2.07 bits per heavy atom. The lowest BCUT2D eigenvalue weighted by molar-refractivity contribution is 0.274. The molecule has 1 aliphatic heterocycles. The number of hydrogen-bond donors (Lipinski definition) is 3. The van der Waals surface area contributed by atoms with Crippen molar-refractivity contribution >= 4 is 23.2 Å². The van der Waals surface area contributed by atoms with Crippen molar-refractivity contribution in [1.29, 1.82) is 5.26 Å².